The van der Waals surface area contributed by atoms with Crippen LogP contribution in [0.4, 0.5) is 5.13 Å². The van der Waals surface area contributed by atoms with Crippen LogP contribution in [0.25, 0.3) is 17.3 Å². The van der Waals surface area contributed by atoms with E-state index in [-0.39, 0.29) is 5.91 Å². The van der Waals surface area contributed by atoms with Crippen LogP contribution in [-0.2, 0) is 4.79 Å². The first kappa shape index (κ1) is 23.8. The Bertz CT molecular complexity index is 1050. The van der Waals surface area contributed by atoms with Gasteiger partial charge in [-0.25, -0.2) is 4.98 Å². The molecule has 0 aliphatic rings. The number of hydrogen-bond acceptors (Lipinski definition) is 5. The highest BCUT2D eigenvalue weighted by atomic mass is 35.5. The van der Waals surface area contributed by atoms with Gasteiger partial charge in [-0.2, -0.15) is 0 Å². The molecule has 0 aliphatic carbocycles. The van der Waals surface area contributed by atoms with E-state index in [0.717, 1.165) is 29.7 Å². The first-order valence-corrected chi connectivity index (χ1v) is 11.9. The SMILES string of the molecule is CCCCCCOc1ccc(/C=C/C(=O)Nc2nc(-c3ccc(Cl)cc3)cs2)cc1OC. The van der Waals surface area contributed by atoms with Gasteiger partial charge in [0, 0.05) is 22.0 Å². The number of halogens is 1. The largest absolute Gasteiger partial charge is 0.493 e. The van der Waals surface area contributed by atoms with Crippen molar-refractivity contribution in [2.24, 2.45) is 0 Å². The molecule has 2 aromatic carbocycles. The number of unbranched alkanes of at least 4 members (excludes halogenated alkanes) is 3. The number of hydrogen-bond donors (Lipinski definition) is 1. The van der Waals surface area contributed by atoms with Crippen LogP contribution in [-0.4, -0.2) is 24.6 Å². The van der Waals surface area contributed by atoms with Crippen molar-refractivity contribution in [2.75, 3.05) is 19.0 Å². The molecule has 0 saturated heterocycles. The molecule has 0 saturated carbocycles. The minimum absolute atomic E-state index is 0.253. The van der Waals surface area contributed by atoms with Gasteiger partial charge >= 0.3 is 0 Å². The van der Waals surface area contributed by atoms with Gasteiger partial charge in [-0.15, -0.1) is 11.3 Å². The fourth-order valence-corrected chi connectivity index (χ4v) is 3.87. The highest BCUT2D eigenvalue weighted by Gasteiger charge is 2.08. The van der Waals surface area contributed by atoms with Crippen molar-refractivity contribution in [3.05, 3.63) is 64.5 Å². The average molecular weight is 471 g/mol. The standard InChI is InChI=1S/C25H27ClN2O3S/c1-3-4-5-6-15-31-22-13-7-18(16-23(22)30-2)8-14-24(29)28-25-27-21(17-32-25)19-9-11-20(26)12-10-19/h7-14,16-17H,3-6,15H2,1-2H3,(H,27,28,29)/b14-8+. The van der Waals surface area contributed by atoms with Gasteiger partial charge in [0.25, 0.3) is 0 Å². The smallest absolute Gasteiger partial charge is 0.250 e. The lowest BCUT2D eigenvalue weighted by Crippen LogP contribution is -2.07. The van der Waals surface area contributed by atoms with Crippen molar-refractivity contribution in [2.45, 2.75) is 32.6 Å². The Morgan fingerprint density at radius 2 is 1.94 bits per heavy atom. The molecule has 1 N–H and O–H groups in total. The summed E-state index contributed by atoms with van der Waals surface area (Å²) in [5.74, 6) is 1.11. The van der Waals surface area contributed by atoms with E-state index < -0.39 is 0 Å². The molecule has 5 nitrogen and oxygen atoms in total. The van der Waals surface area contributed by atoms with Crippen LogP contribution in [0.3, 0.4) is 0 Å². The summed E-state index contributed by atoms with van der Waals surface area (Å²) in [6, 6.07) is 13.0. The van der Waals surface area contributed by atoms with Gasteiger partial charge in [0.05, 0.1) is 19.4 Å². The van der Waals surface area contributed by atoms with E-state index in [1.165, 1.54) is 30.3 Å². The number of anilines is 1. The van der Waals surface area contributed by atoms with E-state index in [9.17, 15) is 4.79 Å². The molecule has 7 heteroatoms. The fourth-order valence-electron chi connectivity index (χ4n) is 3.02. The predicted octanol–water partition coefficient (Wildman–Crippen LogP) is 7.08. The van der Waals surface area contributed by atoms with Gasteiger partial charge in [-0.3, -0.25) is 10.1 Å². The number of rotatable bonds is 11. The van der Waals surface area contributed by atoms with Crippen LogP contribution in [0, 0.1) is 0 Å². The zero-order valence-electron chi connectivity index (χ0n) is 18.3. The molecule has 0 spiro atoms. The lowest BCUT2D eigenvalue weighted by atomic mass is 10.2. The first-order chi connectivity index (χ1) is 15.6. The van der Waals surface area contributed by atoms with Crippen molar-refractivity contribution in [3.63, 3.8) is 0 Å². The monoisotopic (exact) mass is 470 g/mol. The molecule has 168 valence electrons. The van der Waals surface area contributed by atoms with Crippen LogP contribution in [0.5, 0.6) is 11.5 Å². The van der Waals surface area contributed by atoms with Gasteiger partial charge in [0.15, 0.2) is 16.6 Å². The summed E-state index contributed by atoms with van der Waals surface area (Å²) in [5, 5.41) is 5.90. The zero-order valence-corrected chi connectivity index (χ0v) is 19.8. The molecule has 3 aromatic rings. The molecule has 0 unspecified atom stereocenters. The van der Waals surface area contributed by atoms with E-state index in [4.69, 9.17) is 21.1 Å². The van der Waals surface area contributed by atoms with Gasteiger partial charge in [0.2, 0.25) is 5.91 Å². The number of thiazole rings is 1. The van der Waals surface area contributed by atoms with E-state index in [1.54, 1.807) is 13.2 Å². The minimum atomic E-state index is -0.253. The molecular weight excluding hydrogens is 444 g/mol. The van der Waals surface area contributed by atoms with E-state index in [2.05, 4.69) is 17.2 Å². The maximum atomic E-state index is 12.3. The highest BCUT2D eigenvalue weighted by molar-refractivity contribution is 7.14. The number of nitrogens with one attached hydrogen (secondary N) is 1. The summed E-state index contributed by atoms with van der Waals surface area (Å²) >= 11 is 7.30. The van der Waals surface area contributed by atoms with Crippen molar-refractivity contribution in [1.29, 1.82) is 0 Å². The molecule has 0 fully saturated rings. The summed E-state index contributed by atoms with van der Waals surface area (Å²) in [6.07, 6.45) is 7.81. The second-order valence-electron chi connectivity index (χ2n) is 7.19. The summed E-state index contributed by atoms with van der Waals surface area (Å²) in [4.78, 5) is 16.8. The number of amides is 1. The average Bonchev–Trinajstić information content (AvgIpc) is 3.26. The fraction of sp³-hybridized carbons (Fsp3) is 0.280. The van der Waals surface area contributed by atoms with Gasteiger partial charge in [-0.05, 0) is 42.3 Å². The Labute approximate surface area is 198 Å². The Hall–Kier alpha value is -2.83. The molecule has 1 heterocycles. The lowest BCUT2D eigenvalue weighted by Gasteiger charge is -2.11. The number of carbonyl (C=O) groups excluding carboxylic acids is 1. The van der Waals surface area contributed by atoms with Gasteiger partial charge < -0.3 is 9.47 Å². The van der Waals surface area contributed by atoms with Gasteiger partial charge in [-0.1, -0.05) is 56.0 Å². The van der Waals surface area contributed by atoms with Crippen LogP contribution < -0.4 is 14.8 Å². The Kier molecular flexibility index (Phi) is 9.13. The van der Waals surface area contributed by atoms with Crippen molar-refractivity contribution >= 4 is 40.1 Å². The second kappa shape index (κ2) is 12.3. The summed E-state index contributed by atoms with van der Waals surface area (Å²) in [5.41, 5.74) is 2.58. The van der Waals surface area contributed by atoms with Crippen molar-refractivity contribution in [1.82, 2.24) is 4.98 Å². The number of benzene rings is 2. The predicted molar refractivity (Wildman–Crippen MR) is 133 cm³/mol. The van der Waals surface area contributed by atoms with Crippen LogP contribution in [0.2, 0.25) is 5.02 Å². The molecular formula is C25H27ClN2O3S. The molecule has 0 bridgehead atoms. The van der Waals surface area contributed by atoms with Crippen molar-refractivity contribution < 1.29 is 14.3 Å². The zero-order chi connectivity index (χ0) is 22.8. The Morgan fingerprint density at radius 1 is 1.12 bits per heavy atom. The van der Waals surface area contributed by atoms with Gasteiger partial charge in [0.1, 0.15) is 0 Å². The van der Waals surface area contributed by atoms with Crippen LogP contribution in [0.1, 0.15) is 38.2 Å². The molecule has 1 aromatic heterocycles. The molecule has 0 aliphatic heterocycles. The molecule has 3 rings (SSSR count). The van der Waals surface area contributed by atoms with Crippen molar-refractivity contribution in [3.8, 4) is 22.8 Å². The quantitative estimate of drug-likeness (QED) is 0.240. The van der Waals surface area contributed by atoms with Crippen LogP contribution >= 0.6 is 22.9 Å². The summed E-state index contributed by atoms with van der Waals surface area (Å²) in [7, 11) is 1.61. The van der Waals surface area contributed by atoms with E-state index in [1.807, 2.05) is 47.8 Å². The third-order valence-corrected chi connectivity index (χ3v) is 5.75. The number of aromatic nitrogens is 1. The molecule has 0 atom stereocenters. The molecule has 1 amide bonds. The second-order valence-corrected chi connectivity index (χ2v) is 8.48. The third-order valence-electron chi connectivity index (χ3n) is 4.74. The number of carbonyl (C=O) groups is 1. The third kappa shape index (κ3) is 7.11. The number of nitrogens with zero attached hydrogens (tertiary/aromatic N) is 1. The lowest BCUT2D eigenvalue weighted by molar-refractivity contribution is -0.111. The van der Waals surface area contributed by atoms with Crippen LogP contribution in [0.15, 0.2) is 53.9 Å². The maximum absolute atomic E-state index is 12.3. The van der Waals surface area contributed by atoms with E-state index >= 15 is 0 Å². The topological polar surface area (TPSA) is 60.5 Å². The van der Waals surface area contributed by atoms with E-state index in [0.29, 0.717) is 28.3 Å². The Morgan fingerprint density at radius 3 is 2.69 bits per heavy atom. The summed E-state index contributed by atoms with van der Waals surface area (Å²) in [6.45, 7) is 2.85. The minimum Gasteiger partial charge on any atom is -0.493 e. The maximum Gasteiger partial charge on any atom is 0.250 e. The summed E-state index contributed by atoms with van der Waals surface area (Å²) < 4.78 is 11.3. The molecule has 0 radical (unpaired) electrons. The number of ether oxygens (including phenoxy) is 2. The normalized spacial score (nSPS) is 11.0. The first-order valence-electron chi connectivity index (χ1n) is 10.6. The molecule has 32 heavy (non-hydrogen) atoms. The highest BCUT2D eigenvalue weighted by Crippen LogP contribution is 2.29. The Balaban J connectivity index is 1.56. The number of methoxy groups -OCH3 is 1.